The zero-order valence-electron chi connectivity index (χ0n) is 12.4. The third kappa shape index (κ3) is 3.98. The van der Waals surface area contributed by atoms with Gasteiger partial charge in [0.25, 0.3) is 5.91 Å². The van der Waals surface area contributed by atoms with Crippen molar-refractivity contribution in [3.63, 3.8) is 0 Å². The smallest absolute Gasteiger partial charge is 0.251 e. The first-order valence-electron chi connectivity index (χ1n) is 6.73. The molecule has 0 unspecified atom stereocenters. The van der Waals surface area contributed by atoms with E-state index in [0.29, 0.717) is 17.7 Å². The summed E-state index contributed by atoms with van der Waals surface area (Å²) in [5, 5.41) is 13.2. The summed E-state index contributed by atoms with van der Waals surface area (Å²) < 4.78 is 0. The summed E-state index contributed by atoms with van der Waals surface area (Å²) in [4.78, 5) is 17.1. The maximum Gasteiger partial charge on any atom is 0.251 e. The number of amides is 1. The molecule has 5 heteroatoms. The van der Waals surface area contributed by atoms with E-state index in [1.807, 2.05) is 32.2 Å². The van der Waals surface area contributed by atoms with Crippen molar-refractivity contribution >= 4 is 23.0 Å². The summed E-state index contributed by atoms with van der Waals surface area (Å²) in [6.07, 6.45) is 3.68. The van der Waals surface area contributed by atoms with Gasteiger partial charge in [-0.25, -0.2) is 0 Å². The number of pyridine rings is 1. The molecule has 0 aliphatic carbocycles. The molecule has 0 bridgehead atoms. The molecule has 0 fully saturated rings. The standard InChI is InChI=1S/C16H19N3OS/c1-11-6-9-21-14(11)13(17)10-16(2,3)19-15(20)12-4-7-18-8-5-12/h4-9,17H,10H2,1-3H3,(H,19,20). The molecule has 0 aliphatic rings. The van der Waals surface area contributed by atoms with Crippen LogP contribution in [0.4, 0.5) is 0 Å². The van der Waals surface area contributed by atoms with Gasteiger partial charge in [-0.1, -0.05) is 0 Å². The summed E-state index contributed by atoms with van der Waals surface area (Å²) in [7, 11) is 0. The van der Waals surface area contributed by atoms with Crippen molar-refractivity contribution < 1.29 is 4.79 Å². The summed E-state index contributed by atoms with van der Waals surface area (Å²) in [5.41, 5.74) is 1.77. The lowest BCUT2D eigenvalue weighted by atomic mass is 9.95. The van der Waals surface area contributed by atoms with Gasteiger partial charge in [-0.2, -0.15) is 0 Å². The van der Waals surface area contributed by atoms with E-state index in [0.717, 1.165) is 10.4 Å². The molecule has 0 aliphatic heterocycles. The van der Waals surface area contributed by atoms with Gasteiger partial charge in [-0.3, -0.25) is 9.78 Å². The molecule has 2 N–H and O–H groups in total. The molecule has 0 radical (unpaired) electrons. The first-order chi connectivity index (χ1) is 9.89. The van der Waals surface area contributed by atoms with Crippen LogP contribution in [0.15, 0.2) is 36.0 Å². The molecular weight excluding hydrogens is 282 g/mol. The normalized spacial score (nSPS) is 11.2. The van der Waals surface area contributed by atoms with Crippen LogP contribution in [-0.4, -0.2) is 22.1 Å². The number of thiophene rings is 1. The van der Waals surface area contributed by atoms with E-state index in [2.05, 4.69) is 10.3 Å². The third-order valence-electron chi connectivity index (χ3n) is 3.15. The van der Waals surface area contributed by atoms with Gasteiger partial charge < -0.3 is 10.7 Å². The minimum atomic E-state index is -0.478. The molecule has 0 saturated heterocycles. The zero-order valence-corrected chi connectivity index (χ0v) is 13.3. The van der Waals surface area contributed by atoms with Gasteiger partial charge in [0, 0.05) is 29.9 Å². The van der Waals surface area contributed by atoms with Crippen LogP contribution in [0, 0.1) is 12.3 Å². The minimum Gasteiger partial charge on any atom is -0.347 e. The highest BCUT2D eigenvalue weighted by Gasteiger charge is 2.24. The fraction of sp³-hybridized carbons (Fsp3) is 0.312. The Morgan fingerprint density at radius 3 is 2.57 bits per heavy atom. The van der Waals surface area contributed by atoms with E-state index in [1.54, 1.807) is 35.9 Å². The predicted molar refractivity (Wildman–Crippen MR) is 86.3 cm³/mol. The lowest BCUT2D eigenvalue weighted by Crippen LogP contribution is -2.44. The van der Waals surface area contributed by atoms with Gasteiger partial charge >= 0.3 is 0 Å². The Morgan fingerprint density at radius 1 is 1.33 bits per heavy atom. The average Bonchev–Trinajstić information content (AvgIpc) is 2.85. The number of aryl methyl sites for hydroxylation is 1. The maximum absolute atomic E-state index is 12.2. The van der Waals surface area contributed by atoms with Gasteiger partial charge in [0.15, 0.2) is 0 Å². The van der Waals surface area contributed by atoms with Crippen LogP contribution < -0.4 is 5.32 Å². The molecule has 2 aromatic rings. The zero-order chi connectivity index (χ0) is 15.5. The number of carbonyl (C=O) groups excluding carboxylic acids is 1. The summed E-state index contributed by atoms with van der Waals surface area (Å²) in [6, 6.07) is 5.37. The number of aromatic nitrogens is 1. The number of nitrogens with zero attached hydrogens (tertiary/aromatic N) is 1. The molecule has 0 spiro atoms. The Balaban J connectivity index is 2.04. The van der Waals surface area contributed by atoms with Crippen LogP contribution in [0.5, 0.6) is 0 Å². The van der Waals surface area contributed by atoms with Crippen molar-refractivity contribution in [2.75, 3.05) is 0 Å². The van der Waals surface area contributed by atoms with Crippen LogP contribution in [0.3, 0.4) is 0 Å². The SMILES string of the molecule is Cc1ccsc1C(=N)CC(C)(C)NC(=O)c1ccncc1. The highest BCUT2D eigenvalue weighted by Crippen LogP contribution is 2.21. The quantitative estimate of drug-likeness (QED) is 0.831. The molecule has 0 aromatic carbocycles. The Morgan fingerprint density at radius 2 is 2.00 bits per heavy atom. The van der Waals surface area contributed by atoms with Crippen molar-refractivity contribution in [1.82, 2.24) is 10.3 Å². The van der Waals surface area contributed by atoms with Crippen molar-refractivity contribution in [3.8, 4) is 0 Å². The molecule has 4 nitrogen and oxygen atoms in total. The van der Waals surface area contributed by atoms with Crippen molar-refractivity contribution in [2.45, 2.75) is 32.7 Å². The van der Waals surface area contributed by atoms with Crippen molar-refractivity contribution in [2.24, 2.45) is 0 Å². The second-order valence-corrected chi connectivity index (χ2v) is 6.58. The molecule has 2 rings (SSSR count). The molecule has 1 amide bonds. The number of nitrogens with one attached hydrogen (secondary N) is 2. The minimum absolute atomic E-state index is 0.141. The number of hydrogen-bond acceptors (Lipinski definition) is 4. The molecule has 2 aromatic heterocycles. The molecule has 21 heavy (non-hydrogen) atoms. The molecule has 0 atom stereocenters. The van der Waals surface area contributed by atoms with Gasteiger partial charge in [0.1, 0.15) is 0 Å². The maximum atomic E-state index is 12.2. The third-order valence-corrected chi connectivity index (χ3v) is 4.23. The number of carbonyl (C=O) groups is 1. The van der Waals surface area contributed by atoms with Crippen LogP contribution in [0.1, 0.15) is 41.1 Å². The van der Waals surface area contributed by atoms with Gasteiger partial charge in [-0.05, 0) is 49.9 Å². The first kappa shape index (κ1) is 15.4. The number of hydrogen-bond donors (Lipinski definition) is 2. The number of rotatable bonds is 5. The summed E-state index contributed by atoms with van der Waals surface area (Å²) in [5.74, 6) is -0.141. The Bertz CT molecular complexity index is 647. The van der Waals surface area contributed by atoms with E-state index in [4.69, 9.17) is 5.41 Å². The van der Waals surface area contributed by atoms with Gasteiger partial charge in [0.2, 0.25) is 0 Å². The fourth-order valence-corrected chi connectivity index (χ4v) is 3.01. The van der Waals surface area contributed by atoms with Crippen molar-refractivity contribution in [3.05, 3.63) is 52.0 Å². The molecule has 2 heterocycles. The van der Waals surface area contributed by atoms with Gasteiger partial charge in [0.05, 0.1) is 10.6 Å². The molecule has 110 valence electrons. The first-order valence-corrected chi connectivity index (χ1v) is 7.61. The van der Waals surface area contributed by atoms with E-state index >= 15 is 0 Å². The monoisotopic (exact) mass is 301 g/mol. The van der Waals surface area contributed by atoms with Crippen LogP contribution in [0.2, 0.25) is 0 Å². The summed E-state index contributed by atoms with van der Waals surface area (Å²) >= 11 is 1.57. The second kappa shape index (κ2) is 6.18. The lowest BCUT2D eigenvalue weighted by molar-refractivity contribution is 0.0915. The summed E-state index contributed by atoms with van der Waals surface area (Å²) in [6.45, 7) is 5.87. The Kier molecular flexibility index (Phi) is 4.53. The van der Waals surface area contributed by atoms with Crippen LogP contribution in [0.25, 0.3) is 0 Å². The van der Waals surface area contributed by atoms with E-state index in [1.165, 1.54) is 0 Å². The highest BCUT2D eigenvalue weighted by molar-refractivity contribution is 7.12. The van der Waals surface area contributed by atoms with E-state index < -0.39 is 5.54 Å². The van der Waals surface area contributed by atoms with Gasteiger partial charge in [-0.15, -0.1) is 11.3 Å². The molecular formula is C16H19N3OS. The van der Waals surface area contributed by atoms with Crippen LogP contribution >= 0.6 is 11.3 Å². The average molecular weight is 301 g/mol. The van der Waals surface area contributed by atoms with Crippen molar-refractivity contribution in [1.29, 1.82) is 5.41 Å². The largest absolute Gasteiger partial charge is 0.347 e. The fourth-order valence-electron chi connectivity index (χ4n) is 2.13. The topological polar surface area (TPSA) is 65.8 Å². The predicted octanol–water partition coefficient (Wildman–Crippen LogP) is 3.42. The van der Waals surface area contributed by atoms with Crippen LogP contribution in [-0.2, 0) is 0 Å². The molecule has 0 saturated carbocycles. The lowest BCUT2D eigenvalue weighted by Gasteiger charge is -2.26. The van der Waals surface area contributed by atoms with E-state index in [9.17, 15) is 4.79 Å². The Labute approximate surface area is 128 Å². The Hall–Kier alpha value is -2.01. The highest BCUT2D eigenvalue weighted by atomic mass is 32.1. The second-order valence-electron chi connectivity index (χ2n) is 5.66. The van der Waals surface area contributed by atoms with E-state index in [-0.39, 0.29) is 5.91 Å².